The smallest absolute Gasteiger partial charge is 0.315 e. The van der Waals surface area contributed by atoms with Gasteiger partial charge >= 0.3 is 6.43 Å². The molecule has 1 aromatic heterocycles. The molecule has 1 amide bonds. The third kappa shape index (κ3) is 4.59. The summed E-state index contributed by atoms with van der Waals surface area (Å²) in [6, 6.07) is 8.79. The maximum atomic E-state index is 13.1. The van der Waals surface area contributed by atoms with E-state index in [0.29, 0.717) is 17.1 Å². The summed E-state index contributed by atoms with van der Waals surface area (Å²) in [7, 11) is -0.741. The topological polar surface area (TPSA) is 79.3 Å². The molecule has 0 spiro atoms. The van der Waals surface area contributed by atoms with Crippen LogP contribution in [0.2, 0.25) is 0 Å². The summed E-state index contributed by atoms with van der Waals surface area (Å²) >= 11 is 0. The summed E-state index contributed by atoms with van der Waals surface area (Å²) in [5, 5.41) is 12.0. The number of hydrogen-bond donors (Lipinski definition) is 2. The molecule has 2 unspecified atom stereocenters. The van der Waals surface area contributed by atoms with Crippen LogP contribution in [-0.2, 0) is 15.6 Å². The van der Waals surface area contributed by atoms with Crippen LogP contribution in [0.5, 0.6) is 0 Å². The van der Waals surface area contributed by atoms with Crippen LogP contribution in [-0.4, -0.2) is 50.9 Å². The van der Waals surface area contributed by atoms with Gasteiger partial charge in [-0.15, -0.1) is 0 Å². The second-order valence-corrected chi connectivity index (χ2v) is 8.13. The zero-order valence-electron chi connectivity index (χ0n) is 14.7. The van der Waals surface area contributed by atoms with Gasteiger partial charge < -0.3 is 10.4 Å². The molecule has 0 radical (unpaired) electrons. The molecule has 2 N–H and O–H groups in total. The molecule has 2 atom stereocenters. The number of aromatic nitrogens is 1. The number of aliphatic hydroxyl groups is 1. The molecule has 1 saturated heterocycles. The average Bonchev–Trinajstić information content (AvgIpc) is 2.69. The summed E-state index contributed by atoms with van der Waals surface area (Å²) in [6.07, 6.45) is -3.03. The summed E-state index contributed by atoms with van der Waals surface area (Å²) in [5.41, 5.74) is 2.83. The highest BCUT2D eigenvalue weighted by Crippen LogP contribution is 2.28. The van der Waals surface area contributed by atoms with E-state index in [1.165, 1.54) is 0 Å². The van der Waals surface area contributed by atoms with E-state index in [4.69, 9.17) is 0 Å². The fraction of sp³-hybridized carbons (Fsp3) is 0.368. The Morgan fingerprint density at radius 1 is 1.18 bits per heavy atom. The highest BCUT2D eigenvalue weighted by molar-refractivity contribution is 7.86. The Morgan fingerprint density at radius 2 is 1.82 bits per heavy atom. The predicted octanol–water partition coefficient (Wildman–Crippen LogP) is 2.35. The van der Waals surface area contributed by atoms with Gasteiger partial charge in [0.1, 0.15) is 12.8 Å². The van der Waals surface area contributed by atoms with Gasteiger partial charge in [-0.2, -0.15) is 8.78 Å². The maximum absolute atomic E-state index is 13.1. The summed E-state index contributed by atoms with van der Waals surface area (Å²) in [6.45, 7) is -1.18. The van der Waals surface area contributed by atoms with Crippen LogP contribution in [0, 0.1) is 0 Å². The van der Waals surface area contributed by atoms with Crippen molar-refractivity contribution in [3.05, 3.63) is 53.9 Å². The number of nitrogens with one attached hydrogen (secondary N) is 1. The lowest BCUT2D eigenvalue weighted by Gasteiger charge is -2.24. The predicted molar refractivity (Wildman–Crippen MR) is 99.2 cm³/mol. The van der Waals surface area contributed by atoms with E-state index in [2.05, 4.69) is 4.98 Å². The minimum Gasteiger partial charge on any atom is -0.386 e. The van der Waals surface area contributed by atoms with Crippen LogP contribution < -0.4 is 5.32 Å². The first-order valence-electron chi connectivity index (χ1n) is 8.63. The van der Waals surface area contributed by atoms with Crippen molar-refractivity contribution in [2.75, 3.05) is 18.2 Å². The van der Waals surface area contributed by atoms with E-state index < -0.39 is 42.0 Å². The van der Waals surface area contributed by atoms with Crippen molar-refractivity contribution in [3.63, 3.8) is 0 Å². The molecule has 150 valence electrons. The van der Waals surface area contributed by atoms with Gasteiger partial charge in [0.25, 0.3) is 5.91 Å². The number of halogens is 3. The molecule has 1 aromatic carbocycles. The quantitative estimate of drug-likeness (QED) is 0.732. The second-order valence-electron chi connectivity index (χ2n) is 6.58. The lowest BCUT2D eigenvalue weighted by molar-refractivity contribution is -0.133. The SMILES string of the molecule is O=C(NC(CF)C(O)c1ccc(-c2ccc(C3CS(=O)C3)nc2)cc1)C(F)F. The number of amides is 1. The van der Waals surface area contributed by atoms with Crippen molar-refractivity contribution in [3.8, 4) is 11.1 Å². The molecule has 1 fully saturated rings. The average molecular weight is 412 g/mol. The van der Waals surface area contributed by atoms with Crippen molar-refractivity contribution in [2.45, 2.75) is 24.5 Å². The highest BCUT2D eigenvalue weighted by Gasteiger charge is 2.28. The van der Waals surface area contributed by atoms with Crippen LogP contribution in [0.4, 0.5) is 13.2 Å². The largest absolute Gasteiger partial charge is 0.386 e. The van der Waals surface area contributed by atoms with Gasteiger partial charge in [-0.1, -0.05) is 30.3 Å². The molecule has 2 heterocycles. The fourth-order valence-electron chi connectivity index (χ4n) is 2.94. The Bertz CT molecular complexity index is 839. The minimum absolute atomic E-state index is 0.230. The number of carbonyl (C=O) groups is 1. The highest BCUT2D eigenvalue weighted by atomic mass is 32.2. The van der Waals surface area contributed by atoms with Gasteiger partial charge in [-0.3, -0.25) is 14.0 Å². The molecule has 1 aliphatic rings. The van der Waals surface area contributed by atoms with Crippen LogP contribution in [0.3, 0.4) is 0 Å². The Hall–Kier alpha value is -2.26. The minimum atomic E-state index is -3.28. The van der Waals surface area contributed by atoms with Crippen LogP contribution in [0.1, 0.15) is 23.3 Å². The summed E-state index contributed by atoms with van der Waals surface area (Å²) in [5.74, 6) is -0.124. The molecule has 9 heteroatoms. The monoisotopic (exact) mass is 412 g/mol. The first-order valence-corrected chi connectivity index (χ1v) is 10.1. The van der Waals surface area contributed by atoms with Crippen LogP contribution >= 0.6 is 0 Å². The van der Waals surface area contributed by atoms with E-state index in [-0.39, 0.29) is 5.92 Å². The van der Waals surface area contributed by atoms with Gasteiger partial charge in [0.05, 0.1) is 6.04 Å². The van der Waals surface area contributed by atoms with E-state index in [1.54, 1.807) is 35.8 Å². The second kappa shape index (κ2) is 8.83. The zero-order chi connectivity index (χ0) is 20.3. The summed E-state index contributed by atoms with van der Waals surface area (Å²) < 4.78 is 48.9. The number of hydrogen-bond acceptors (Lipinski definition) is 4. The molecular weight excluding hydrogens is 393 g/mol. The van der Waals surface area contributed by atoms with Gasteiger partial charge in [-0.25, -0.2) is 4.39 Å². The summed E-state index contributed by atoms with van der Waals surface area (Å²) in [4.78, 5) is 15.5. The van der Waals surface area contributed by atoms with Crippen LogP contribution in [0.15, 0.2) is 42.6 Å². The number of alkyl halides is 3. The first-order chi connectivity index (χ1) is 13.4. The lowest BCUT2D eigenvalue weighted by atomic mass is 9.99. The molecule has 1 aliphatic heterocycles. The van der Waals surface area contributed by atoms with Crippen molar-refractivity contribution < 1.29 is 27.3 Å². The van der Waals surface area contributed by atoms with E-state index in [1.807, 2.05) is 12.1 Å². The standard InChI is InChI=1S/C19H19F3N2O3S/c20-7-16(24-19(26)18(21)22)17(25)12-3-1-11(2-4-12)13-5-6-15(23-8-13)14-9-28(27)10-14/h1-6,8,14,16-18,25H,7,9-10H2,(H,24,26). The van der Waals surface area contributed by atoms with Gasteiger partial charge in [0.15, 0.2) is 0 Å². The maximum Gasteiger partial charge on any atom is 0.315 e. The number of carbonyl (C=O) groups excluding carboxylic acids is 1. The van der Waals surface area contributed by atoms with Crippen molar-refractivity contribution in [1.82, 2.24) is 10.3 Å². The third-order valence-corrected chi connectivity index (χ3v) is 6.19. The van der Waals surface area contributed by atoms with Crippen molar-refractivity contribution in [2.24, 2.45) is 0 Å². The third-order valence-electron chi connectivity index (χ3n) is 4.64. The molecule has 0 saturated carbocycles. The molecule has 0 bridgehead atoms. The normalized spacial score (nSPS) is 21.0. The molecule has 2 aromatic rings. The number of aliphatic hydroxyl groups excluding tert-OH is 1. The Labute approximate surface area is 162 Å². The van der Waals surface area contributed by atoms with Gasteiger partial charge in [-0.05, 0) is 17.2 Å². The van der Waals surface area contributed by atoms with Crippen LogP contribution in [0.25, 0.3) is 11.1 Å². The Kier molecular flexibility index (Phi) is 6.46. The van der Waals surface area contributed by atoms with E-state index in [0.717, 1.165) is 16.8 Å². The van der Waals surface area contributed by atoms with Gasteiger partial charge in [0, 0.05) is 45.7 Å². The number of rotatable bonds is 7. The zero-order valence-corrected chi connectivity index (χ0v) is 15.5. The number of benzene rings is 1. The van der Waals surface area contributed by atoms with Crippen molar-refractivity contribution >= 4 is 16.7 Å². The molecule has 0 aliphatic carbocycles. The molecule has 28 heavy (non-hydrogen) atoms. The Balaban J connectivity index is 1.68. The molecular formula is C19H19F3N2O3S. The lowest BCUT2D eigenvalue weighted by Crippen LogP contribution is -2.43. The Morgan fingerprint density at radius 3 is 2.32 bits per heavy atom. The fourth-order valence-corrected chi connectivity index (χ4v) is 4.08. The van der Waals surface area contributed by atoms with Crippen molar-refractivity contribution in [1.29, 1.82) is 0 Å². The first kappa shape index (κ1) is 20.5. The van der Waals surface area contributed by atoms with Gasteiger partial charge in [0.2, 0.25) is 0 Å². The van der Waals surface area contributed by atoms with E-state index >= 15 is 0 Å². The number of pyridine rings is 1. The molecule has 5 nitrogen and oxygen atoms in total. The van der Waals surface area contributed by atoms with E-state index in [9.17, 15) is 27.3 Å². The number of nitrogens with zero attached hydrogens (tertiary/aromatic N) is 1. The molecule has 3 rings (SSSR count).